The van der Waals surface area contributed by atoms with Crippen LogP contribution in [0.1, 0.15) is 48.9 Å². The van der Waals surface area contributed by atoms with Gasteiger partial charge in [-0.2, -0.15) is 5.10 Å². The lowest BCUT2D eigenvalue weighted by atomic mass is 9.88. The molecule has 0 bridgehead atoms. The van der Waals surface area contributed by atoms with E-state index in [1.807, 2.05) is 24.1 Å². The highest BCUT2D eigenvalue weighted by Crippen LogP contribution is 2.36. The van der Waals surface area contributed by atoms with Crippen molar-refractivity contribution in [2.75, 3.05) is 31.1 Å². The number of carbonyl (C=O) groups excluding carboxylic acids is 1. The monoisotopic (exact) mass is 391 g/mol. The van der Waals surface area contributed by atoms with Gasteiger partial charge in [-0.15, -0.1) is 0 Å². The highest BCUT2D eigenvalue weighted by molar-refractivity contribution is 5.91. The molecule has 1 aliphatic heterocycles. The first-order chi connectivity index (χ1) is 14.2. The second-order valence-corrected chi connectivity index (χ2v) is 8.59. The molecule has 0 spiro atoms. The maximum Gasteiger partial charge on any atom is 0.225 e. The predicted molar refractivity (Wildman–Crippen MR) is 114 cm³/mol. The summed E-state index contributed by atoms with van der Waals surface area (Å²) in [6.07, 6.45) is 14.9. The predicted octanol–water partition coefficient (Wildman–Crippen LogP) is 3.14. The topological polar surface area (TPSA) is 54.3 Å². The van der Waals surface area contributed by atoms with E-state index in [2.05, 4.69) is 38.2 Å². The fourth-order valence-corrected chi connectivity index (χ4v) is 5.03. The van der Waals surface area contributed by atoms with Gasteiger partial charge in [-0.3, -0.25) is 14.5 Å². The zero-order valence-electron chi connectivity index (χ0n) is 17.2. The smallest absolute Gasteiger partial charge is 0.225 e. The first-order valence-corrected chi connectivity index (χ1v) is 10.9. The lowest BCUT2D eigenvalue weighted by molar-refractivity contribution is -0.136. The first-order valence-electron chi connectivity index (χ1n) is 10.9. The maximum atomic E-state index is 12.9. The Balaban J connectivity index is 1.29. The SMILES string of the molecule is Cn1cc(C2=Cc3c(N4CCN(C(=O)C5CCCCC5)CC4)ccnc3C2)cn1. The third-order valence-corrected chi connectivity index (χ3v) is 6.69. The number of carbonyl (C=O) groups is 1. The number of hydrogen-bond donors (Lipinski definition) is 0. The van der Waals surface area contributed by atoms with Gasteiger partial charge in [-0.25, -0.2) is 0 Å². The minimum atomic E-state index is 0.269. The summed E-state index contributed by atoms with van der Waals surface area (Å²) in [7, 11) is 1.95. The molecule has 1 amide bonds. The van der Waals surface area contributed by atoms with Crippen molar-refractivity contribution in [3.05, 3.63) is 41.5 Å². The van der Waals surface area contributed by atoms with Crippen molar-refractivity contribution in [2.24, 2.45) is 13.0 Å². The summed E-state index contributed by atoms with van der Waals surface area (Å²) in [6, 6.07) is 2.13. The van der Waals surface area contributed by atoms with Crippen LogP contribution in [-0.2, 0) is 18.3 Å². The third-order valence-electron chi connectivity index (χ3n) is 6.69. The highest BCUT2D eigenvalue weighted by atomic mass is 16.2. The molecule has 2 aliphatic carbocycles. The standard InChI is InChI=1S/C23H29N5O/c1-26-16-19(15-25-26)18-13-20-21(14-18)24-8-7-22(20)27-9-11-28(12-10-27)23(29)17-5-3-2-4-6-17/h7-8,13,15-17H,2-6,9-12,14H2,1H3. The molecule has 152 valence electrons. The van der Waals surface area contributed by atoms with Crippen LogP contribution in [0.5, 0.6) is 0 Å². The molecule has 1 saturated carbocycles. The van der Waals surface area contributed by atoms with E-state index in [0.29, 0.717) is 5.91 Å². The van der Waals surface area contributed by atoms with Crippen LogP contribution in [0.4, 0.5) is 5.69 Å². The van der Waals surface area contributed by atoms with Crippen LogP contribution >= 0.6 is 0 Å². The highest BCUT2D eigenvalue weighted by Gasteiger charge is 2.30. The molecule has 5 rings (SSSR count). The van der Waals surface area contributed by atoms with Gasteiger partial charge in [0, 0.05) is 74.8 Å². The molecule has 6 heteroatoms. The van der Waals surface area contributed by atoms with Gasteiger partial charge in [0.2, 0.25) is 5.91 Å². The van der Waals surface area contributed by atoms with E-state index in [1.54, 1.807) is 0 Å². The van der Waals surface area contributed by atoms with Gasteiger partial charge in [0.1, 0.15) is 0 Å². The van der Waals surface area contributed by atoms with Crippen molar-refractivity contribution in [1.82, 2.24) is 19.7 Å². The Morgan fingerprint density at radius 3 is 2.62 bits per heavy atom. The molecule has 2 fully saturated rings. The molecule has 3 heterocycles. The number of anilines is 1. The van der Waals surface area contributed by atoms with Crippen molar-refractivity contribution in [2.45, 2.75) is 38.5 Å². The zero-order valence-corrected chi connectivity index (χ0v) is 17.2. The Labute approximate surface area is 172 Å². The molecule has 3 aliphatic rings. The number of hydrogen-bond acceptors (Lipinski definition) is 4. The average molecular weight is 392 g/mol. The average Bonchev–Trinajstić information content (AvgIpc) is 3.40. The quantitative estimate of drug-likeness (QED) is 0.807. The second-order valence-electron chi connectivity index (χ2n) is 8.59. The van der Waals surface area contributed by atoms with Gasteiger partial charge >= 0.3 is 0 Å². The molecular weight excluding hydrogens is 362 g/mol. The van der Waals surface area contributed by atoms with Gasteiger partial charge < -0.3 is 9.80 Å². The second kappa shape index (κ2) is 7.65. The number of rotatable bonds is 3. The third kappa shape index (κ3) is 3.56. The molecule has 0 atom stereocenters. The molecule has 0 unspecified atom stereocenters. The number of nitrogens with zero attached hydrogens (tertiary/aromatic N) is 5. The summed E-state index contributed by atoms with van der Waals surface area (Å²) in [4.78, 5) is 22.0. The van der Waals surface area contributed by atoms with Crippen molar-refractivity contribution >= 4 is 23.2 Å². The number of aromatic nitrogens is 3. The van der Waals surface area contributed by atoms with Crippen molar-refractivity contribution in [1.29, 1.82) is 0 Å². The summed E-state index contributed by atoms with van der Waals surface area (Å²) in [5, 5.41) is 4.31. The molecule has 2 aromatic rings. The van der Waals surface area contributed by atoms with E-state index >= 15 is 0 Å². The molecular formula is C23H29N5O. The first kappa shape index (κ1) is 18.4. The lowest BCUT2D eigenvalue weighted by Gasteiger charge is -2.38. The Morgan fingerprint density at radius 2 is 1.90 bits per heavy atom. The van der Waals surface area contributed by atoms with Crippen LogP contribution in [0.2, 0.25) is 0 Å². The van der Waals surface area contributed by atoms with Crippen molar-refractivity contribution in [3.63, 3.8) is 0 Å². The van der Waals surface area contributed by atoms with Crippen LogP contribution < -0.4 is 4.90 Å². The minimum absolute atomic E-state index is 0.269. The molecule has 0 N–H and O–H groups in total. The molecule has 0 radical (unpaired) electrons. The van der Waals surface area contributed by atoms with E-state index in [0.717, 1.165) is 51.1 Å². The molecule has 29 heavy (non-hydrogen) atoms. The van der Waals surface area contributed by atoms with E-state index in [4.69, 9.17) is 0 Å². The summed E-state index contributed by atoms with van der Waals surface area (Å²) in [5.41, 5.74) is 6.07. The fourth-order valence-electron chi connectivity index (χ4n) is 5.03. The van der Waals surface area contributed by atoms with Crippen molar-refractivity contribution < 1.29 is 4.79 Å². The van der Waals surface area contributed by atoms with Gasteiger partial charge in [-0.05, 0) is 30.6 Å². The Morgan fingerprint density at radius 1 is 1.10 bits per heavy atom. The number of piperazine rings is 1. The van der Waals surface area contributed by atoms with E-state index in [-0.39, 0.29) is 5.92 Å². The molecule has 2 aromatic heterocycles. The number of pyridine rings is 1. The minimum Gasteiger partial charge on any atom is -0.367 e. The summed E-state index contributed by atoms with van der Waals surface area (Å²) < 4.78 is 1.84. The number of allylic oxidation sites excluding steroid dienone is 1. The van der Waals surface area contributed by atoms with E-state index in [9.17, 15) is 4.79 Å². The Hall–Kier alpha value is -2.63. The molecule has 0 aromatic carbocycles. The van der Waals surface area contributed by atoms with Crippen LogP contribution in [0.25, 0.3) is 11.6 Å². The molecule has 6 nitrogen and oxygen atoms in total. The van der Waals surface area contributed by atoms with Crippen molar-refractivity contribution in [3.8, 4) is 0 Å². The number of fused-ring (bicyclic) bond motifs is 1. The van der Waals surface area contributed by atoms with Crippen LogP contribution in [0, 0.1) is 5.92 Å². The largest absolute Gasteiger partial charge is 0.367 e. The fraction of sp³-hybridized carbons (Fsp3) is 0.522. The van der Waals surface area contributed by atoms with E-state index in [1.165, 1.54) is 41.6 Å². The number of amides is 1. The molecule has 1 saturated heterocycles. The lowest BCUT2D eigenvalue weighted by Crippen LogP contribution is -2.50. The normalized spacial score (nSPS) is 20.0. The summed E-state index contributed by atoms with van der Waals surface area (Å²) in [5.74, 6) is 0.661. The van der Waals surface area contributed by atoms with Gasteiger partial charge in [0.25, 0.3) is 0 Å². The summed E-state index contributed by atoms with van der Waals surface area (Å²) >= 11 is 0. The Bertz CT molecular complexity index is 932. The van der Waals surface area contributed by atoms with Crippen LogP contribution in [-0.4, -0.2) is 51.8 Å². The van der Waals surface area contributed by atoms with Gasteiger partial charge in [0.05, 0.1) is 11.9 Å². The van der Waals surface area contributed by atoms with Crippen LogP contribution in [0.3, 0.4) is 0 Å². The van der Waals surface area contributed by atoms with Gasteiger partial charge in [0.15, 0.2) is 0 Å². The van der Waals surface area contributed by atoms with Gasteiger partial charge in [-0.1, -0.05) is 19.3 Å². The summed E-state index contributed by atoms with van der Waals surface area (Å²) in [6.45, 7) is 3.44. The zero-order chi connectivity index (χ0) is 19.8. The van der Waals surface area contributed by atoms with Crippen LogP contribution in [0.15, 0.2) is 24.7 Å². The van der Waals surface area contributed by atoms with E-state index < -0.39 is 0 Å². The Kier molecular flexibility index (Phi) is 4.86. The number of aryl methyl sites for hydroxylation is 1. The maximum absolute atomic E-state index is 12.9.